The molecule has 0 saturated carbocycles. The molecule has 3 rings (SSSR count). The number of nitrogens with zero attached hydrogens (tertiary/aromatic N) is 2. The highest BCUT2D eigenvalue weighted by molar-refractivity contribution is 7.99. The van der Waals surface area contributed by atoms with Gasteiger partial charge >= 0.3 is 0 Å². The molecule has 136 valence electrons. The van der Waals surface area contributed by atoms with Crippen molar-refractivity contribution in [1.82, 2.24) is 4.90 Å². The van der Waals surface area contributed by atoms with Gasteiger partial charge in [0, 0.05) is 48.6 Å². The highest BCUT2D eigenvalue weighted by Gasteiger charge is 2.23. The number of carbonyl (C=O) groups excluding carboxylic acids is 2. The number of halogens is 1. The van der Waals surface area contributed by atoms with Gasteiger partial charge in [-0.15, -0.1) is 11.8 Å². The standard InChI is InChI=1S/C20H21ClN2O2S/c1-22(14-15-6-2-3-7-16(15)21)19(24)10-11-20(25)23-12-13-26-18-9-5-4-8-17(18)23/h2-9H,10-14H2,1H3. The van der Waals surface area contributed by atoms with Gasteiger partial charge in [-0.05, 0) is 23.8 Å². The lowest BCUT2D eigenvalue weighted by Crippen LogP contribution is -2.36. The van der Waals surface area contributed by atoms with Crippen molar-refractivity contribution in [3.63, 3.8) is 0 Å². The van der Waals surface area contributed by atoms with Gasteiger partial charge in [0.15, 0.2) is 0 Å². The van der Waals surface area contributed by atoms with Crippen molar-refractivity contribution >= 4 is 40.9 Å². The number of amides is 2. The van der Waals surface area contributed by atoms with E-state index in [4.69, 9.17) is 11.6 Å². The van der Waals surface area contributed by atoms with Gasteiger partial charge in [-0.25, -0.2) is 0 Å². The number of benzene rings is 2. The number of hydrogen-bond donors (Lipinski definition) is 0. The van der Waals surface area contributed by atoms with Gasteiger partial charge in [0.1, 0.15) is 0 Å². The SMILES string of the molecule is CN(Cc1ccccc1Cl)C(=O)CCC(=O)N1CCSc2ccccc21. The summed E-state index contributed by atoms with van der Waals surface area (Å²) in [6.45, 7) is 1.13. The third-order valence-electron chi connectivity index (χ3n) is 4.37. The van der Waals surface area contributed by atoms with E-state index < -0.39 is 0 Å². The second-order valence-corrected chi connectivity index (χ2v) is 7.75. The number of thioether (sulfide) groups is 1. The summed E-state index contributed by atoms with van der Waals surface area (Å²) in [4.78, 5) is 29.6. The fourth-order valence-corrected chi connectivity index (χ4v) is 4.13. The number of hydrogen-bond acceptors (Lipinski definition) is 3. The van der Waals surface area contributed by atoms with E-state index in [9.17, 15) is 9.59 Å². The van der Waals surface area contributed by atoms with Gasteiger partial charge in [0.05, 0.1) is 5.69 Å². The van der Waals surface area contributed by atoms with Gasteiger partial charge in [-0.1, -0.05) is 41.9 Å². The molecule has 0 aliphatic carbocycles. The van der Waals surface area contributed by atoms with Crippen LogP contribution in [0.1, 0.15) is 18.4 Å². The van der Waals surface area contributed by atoms with E-state index in [0.717, 1.165) is 21.9 Å². The van der Waals surface area contributed by atoms with Crippen LogP contribution in [0.3, 0.4) is 0 Å². The molecule has 1 aliphatic heterocycles. The first-order valence-electron chi connectivity index (χ1n) is 8.56. The number of carbonyl (C=O) groups is 2. The summed E-state index contributed by atoms with van der Waals surface area (Å²) in [5.74, 6) is 0.818. The van der Waals surface area contributed by atoms with Crippen molar-refractivity contribution in [1.29, 1.82) is 0 Å². The number of anilines is 1. The fourth-order valence-electron chi connectivity index (χ4n) is 2.94. The van der Waals surface area contributed by atoms with Crippen LogP contribution in [0.4, 0.5) is 5.69 Å². The first kappa shape index (κ1) is 18.8. The third kappa shape index (κ3) is 4.40. The zero-order chi connectivity index (χ0) is 18.5. The molecule has 0 aromatic heterocycles. The van der Waals surface area contributed by atoms with E-state index in [1.54, 1.807) is 28.6 Å². The molecule has 1 aliphatic rings. The van der Waals surface area contributed by atoms with Gasteiger partial charge < -0.3 is 9.80 Å². The quantitative estimate of drug-likeness (QED) is 0.770. The molecule has 0 radical (unpaired) electrons. The molecule has 1 heterocycles. The van der Waals surface area contributed by atoms with Crippen molar-refractivity contribution < 1.29 is 9.59 Å². The molecular weight excluding hydrogens is 368 g/mol. The monoisotopic (exact) mass is 388 g/mol. The van der Waals surface area contributed by atoms with Crippen molar-refractivity contribution in [2.45, 2.75) is 24.3 Å². The smallest absolute Gasteiger partial charge is 0.227 e. The first-order chi connectivity index (χ1) is 12.6. The summed E-state index contributed by atoms with van der Waals surface area (Å²) < 4.78 is 0. The van der Waals surface area contributed by atoms with E-state index in [0.29, 0.717) is 18.1 Å². The molecule has 26 heavy (non-hydrogen) atoms. The molecular formula is C20H21ClN2O2S. The molecule has 6 heteroatoms. The summed E-state index contributed by atoms with van der Waals surface area (Å²) in [5.41, 5.74) is 1.85. The maximum atomic E-state index is 12.6. The third-order valence-corrected chi connectivity index (χ3v) is 5.79. The molecule has 0 saturated heterocycles. The van der Waals surface area contributed by atoms with Crippen molar-refractivity contribution in [3.8, 4) is 0 Å². The van der Waals surface area contributed by atoms with Crippen LogP contribution in [-0.4, -0.2) is 36.1 Å². The zero-order valence-corrected chi connectivity index (χ0v) is 16.2. The summed E-state index contributed by atoms with van der Waals surface area (Å²) in [6, 6.07) is 15.4. The first-order valence-corrected chi connectivity index (χ1v) is 9.92. The summed E-state index contributed by atoms with van der Waals surface area (Å²) in [5, 5.41) is 0.644. The Morgan fingerprint density at radius 1 is 1.12 bits per heavy atom. The minimum atomic E-state index is -0.0575. The lowest BCUT2D eigenvalue weighted by Gasteiger charge is -2.29. The Morgan fingerprint density at radius 3 is 2.65 bits per heavy atom. The van der Waals surface area contributed by atoms with E-state index in [1.807, 2.05) is 48.5 Å². The lowest BCUT2D eigenvalue weighted by atomic mass is 10.2. The molecule has 4 nitrogen and oxygen atoms in total. The van der Waals surface area contributed by atoms with Crippen molar-refractivity contribution in [2.24, 2.45) is 0 Å². The van der Waals surface area contributed by atoms with E-state index in [2.05, 4.69) is 0 Å². The minimum Gasteiger partial charge on any atom is -0.341 e. The van der Waals surface area contributed by atoms with Crippen LogP contribution in [0, 0.1) is 0 Å². The lowest BCUT2D eigenvalue weighted by molar-refractivity contribution is -0.132. The Kier molecular flexibility index (Phi) is 6.22. The summed E-state index contributed by atoms with van der Waals surface area (Å²) in [6.07, 6.45) is 0.413. The minimum absolute atomic E-state index is 0.00255. The van der Waals surface area contributed by atoms with Crippen LogP contribution >= 0.6 is 23.4 Å². The summed E-state index contributed by atoms with van der Waals surface area (Å²) >= 11 is 7.91. The molecule has 0 bridgehead atoms. The van der Waals surface area contributed by atoms with E-state index in [-0.39, 0.29) is 24.7 Å². The Morgan fingerprint density at radius 2 is 1.85 bits per heavy atom. The molecule has 0 atom stereocenters. The number of para-hydroxylation sites is 1. The second kappa shape index (κ2) is 8.60. The fraction of sp³-hybridized carbons (Fsp3) is 0.300. The molecule has 2 aromatic rings. The van der Waals surface area contributed by atoms with Gasteiger partial charge in [-0.3, -0.25) is 9.59 Å². The van der Waals surface area contributed by atoms with Crippen molar-refractivity contribution in [3.05, 3.63) is 59.1 Å². The average Bonchev–Trinajstić information content (AvgIpc) is 2.67. The topological polar surface area (TPSA) is 40.6 Å². The van der Waals surface area contributed by atoms with Crippen LogP contribution in [0.15, 0.2) is 53.4 Å². The van der Waals surface area contributed by atoms with Crippen LogP contribution < -0.4 is 4.90 Å². The molecule has 0 unspecified atom stereocenters. The molecule has 2 aromatic carbocycles. The van der Waals surface area contributed by atoms with Crippen LogP contribution in [0.5, 0.6) is 0 Å². The Hall–Kier alpha value is -1.98. The van der Waals surface area contributed by atoms with Gasteiger partial charge in [-0.2, -0.15) is 0 Å². The van der Waals surface area contributed by atoms with Crippen LogP contribution in [-0.2, 0) is 16.1 Å². The highest BCUT2D eigenvalue weighted by atomic mass is 35.5. The largest absolute Gasteiger partial charge is 0.341 e. The second-order valence-electron chi connectivity index (χ2n) is 6.20. The predicted octanol–water partition coefficient (Wildman–Crippen LogP) is 4.22. The predicted molar refractivity (Wildman–Crippen MR) is 107 cm³/mol. The number of rotatable bonds is 5. The Bertz CT molecular complexity index is 812. The molecule has 0 N–H and O–H groups in total. The Labute approximate surface area is 163 Å². The maximum absolute atomic E-state index is 12.6. The average molecular weight is 389 g/mol. The van der Waals surface area contributed by atoms with Gasteiger partial charge in [0.2, 0.25) is 11.8 Å². The van der Waals surface area contributed by atoms with E-state index >= 15 is 0 Å². The zero-order valence-electron chi connectivity index (χ0n) is 14.7. The van der Waals surface area contributed by atoms with E-state index in [1.165, 1.54) is 0 Å². The highest BCUT2D eigenvalue weighted by Crippen LogP contribution is 2.34. The van der Waals surface area contributed by atoms with Crippen LogP contribution in [0.2, 0.25) is 5.02 Å². The summed E-state index contributed by atoms with van der Waals surface area (Å²) in [7, 11) is 1.74. The molecule has 0 spiro atoms. The molecule has 0 fully saturated rings. The molecule has 2 amide bonds. The maximum Gasteiger partial charge on any atom is 0.227 e. The Balaban J connectivity index is 1.56. The normalized spacial score (nSPS) is 13.2. The number of fused-ring (bicyclic) bond motifs is 1. The van der Waals surface area contributed by atoms with Crippen LogP contribution in [0.25, 0.3) is 0 Å². The van der Waals surface area contributed by atoms with Gasteiger partial charge in [0.25, 0.3) is 0 Å². The van der Waals surface area contributed by atoms with Crippen molar-refractivity contribution in [2.75, 3.05) is 24.2 Å².